The van der Waals surface area contributed by atoms with Crippen molar-refractivity contribution in [2.75, 3.05) is 7.05 Å². The number of ether oxygens (including phenoxy) is 1. The predicted molar refractivity (Wildman–Crippen MR) is 91.2 cm³/mol. The third kappa shape index (κ3) is 4.81. The fraction of sp³-hybridized carbons (Fsp3) is 0.474. The monoisotopic (exact) mass is 382 g/mol. The summed E-state index contributed by atoms with van der Waals surface area (Å²) in [4.78, 5) is 18.3. The van der Waals surface area contributed by atoms with Crippen molar-refractivity contribution in [2.24, 2.45) is 0 Å². The van der Waals surface area contributed by atoms with Crippen LogP contribution in [-0.2, 0) is 12.8 Å². The van der Waals surface area contributed by atoms with E-state index in [1.165, 1.54) is 24.8 Å². The van der Waals surface area contributed by atoms with E-state index in [1.807, 2.05) is 0 Å². The second kappa shape index (κ2) is 8.02. The number of alkyl halides is 3. The van der Waals surface area contributed by atoms with Gasteiger partial charge < -0.3 is 14.1 Å². The zero-order valence-corrected chi connectivity index (χ0v) is 15.0. The van der Waals surface area contributed by atoms with Crippen LogP contribution < -0.4 is 4.74 Å². The van der Waals surface area contributed by atoms with Gasteiger partial charge in [-0.3, -0.25) is 4.79 Å². The summed E-state index contributed by atoms with van der Waals surface area (Å²) in [5, 5.41) is 0. The van der Waals surface area contributed by atoms with E-state index < -0.39 is 11.7 Å². The molecule has 1 amide bonds. The summed E-state index contributed by atoms with van der Waals surface area (Å²) in [6, 6.07) is 4.76. The molecule has 1 fully saturated rings. The van der Waals surface area contributed by atoms with E-state index in [4.69, 9.17) is 9.15 Å². The molecule has 1 saturated carbocycles. The van der Waals surface area contributed by atoms with Crippen molar-refractivity contribution < 1.29 is 27.1 Å². The van der Waals surface area contributed by atoms with E-state index in [0.29, 0.717) is 0 Å². The van der Waals surface area contributed by atoms with Gasteiger partial charge in [-0.15, -0.1) is 0 Å². The number of oxazole rings is 1. The van der Waals surface area contributed by atoms with Crippen LogP contribution in [0.15, 0.2) is 34.9 Å². The molecule has 5 nitrogen and oxygen atoms in total. The van der Waals surface area contributed by atoms with Gasteiger partial charge in [0.05, 0.1) is 5.56 Å². The number of amides is 1. The maximum absolute atomic E-state index is 12.7. The van der Waals surface area contributed by atoms with Gasteiger partial charge in [0.2, 0.25) is 5.89 Å². The number of hydrogen-bond acceptors (Lipinski definition) is 4. The predicted octanol–water partition coefficient (Wildman–Crippen LogP) is 4.68. The Hall–Kier alpha value is -2.51. The summed E-state index contributed by atoms with van der Waals surface area (Å²) >= 11 is 0. The van der Waals surface area contributed by atoms with Crippen LogP contribution in [0.5, 0.6) is 5.75 Å². The molecule has 0 spiro atoms. The van der Waals surface area contributed by atoms with Gasteiger partial charge in [-0.2, -0.15) is 13.2 Å². The number of hydrogen-bond donors (Lipinski definition) is 0. The van der Waals surface area contributed by atoms with Crippen molar-refractivity contribution in [3.63, 3.8) is 0 Å². The van der Waals surface area contributed by atoms with Gasteiger partial charge in [-0.25, -0.2) is 4.98 Å². The number of carbonyl (C=O) groups is 1. The largest absolute Gasteiger partial charge is 0.484 e. The first kappa shape index (κ1) is 19.3. The van der Waals surface area contributed by atoms with Crippen molar-refractivity contribution in [2.45, 2.75) is 50.9 Å². The van der Waals surface area contributed by atoms with Crippen molar-refractivity contribution >= 4 is 5.91 Å². The van der Waals surface area contributed by atoms with Gasteiger partial charge >= 0.3 is 6.18 Å². The Morgan fingerprint density at radius 2 is 2.04 bits per heavy atom. The van der Waals surface area contributed by atoms with Gasteiger partial charge in [-0.05, 0) is 31.0 Å². The molecule has 0 unspecified atom stereocenters. The van der Waals surface area contributed by atoms with Gasteiger partial charge in [-0.1, -0.05) is 25.3 Å². The Kier molecular flexibility index (Phi) is 5.72. The Bertz CT molecular complexity index is 783. The average molecular weight is 382 g/mol. The van der Waals surface area contributed by atoms with Crippen LogP contribution in [-0.4, -0.2) is 28.9 Å². The second-order valence-electron chi connectivity index (χ2n) is 6.65. The van der Waals surface area contributed by atoms with E-state index in [2.05, 4.69) is 4.98 Å². The summed E-state index contributed by atoms with van der Waals surface area (Å²) in [5.41, 5.74) is -0.622. The molecule has 0 atom stereocenters. The molecule has 27 heavy (non-hydrogen) atoms. The van der Waals surface area contributed by atoms with Gasteiger partial charge in [0.15, 0.2) is 12.3 Å². The quantitative estimate of drug-likeness (QED) is 0.754. The first-order valence-corrected chi connectivity index (χ1v) is 8.86. The highest BCUT2D eigenvalue weighted by Gasteiger charge is 2.30. The standard InChI is InChI=1S/C19H21F3N2O3/c1-24(14-7-3-2-4-8-14)18(25)16-11-27-17(23-16)12-26-15-9-5-6-13(10-15)19(20,21)22/h5-6,9-11,14H,2-4,7-8,12H2,1H3. The molecule has 2 aromatic rings. The molecular formula is C19H21F3N2O3. The maximum atomic E-state index is 12.7. The second-order valence-corrected chi connectivity index (χ2v) is 6.65. The lowest BCUT2D eigenvalue weighted by molar-refractivity contribution is -0.137. The fourth-order valence-electron chi connectivity index (χ4n) is 3.20. The highest BCUT2D eigenvalue weighted by Crippen LogP contribution is 2.31. The Labute approximate surface area is 155 Å². The van der Waals surface area contributed by atoms with E-state index in [1.54, 1.807) is 11.9 Å². The molecule has 1 aliphatic carbocycles. The normalized spacial score (nSPS) is 15.6. The molecule has 1 aromatic heterocycles. The molecule has 3 rings (SSSR count). The Balaban J connectivity index is 1.60. The van der Waals surface area contributed by atoms with Crippen LogP contribution in [0.2, 0.25) is 0 Å². The molecule has 0 aliphatic heterocycles. The van der Waals surface area contributed by atoms with Crippen LogP contribution in [0.1, 0.15) is 54.0 Å². The van der Waals surface area contributed by atoms with E-state index >= 15 is 0 Å². The number of aromatic nitrogens is 1. The zero-order chi connectivity index (χ0) is 19.4. The maximum Gasteiger partial charge on any atom is 0.416 e. The van der Waals surface area contributed by atoms with Gasteiger partial charge in [0, 0.05) is 13.1 Å². The van der Waals surface area contributed by atoms with Gasteiger partial charge in [0.25, 0.3) is 5.91 Å². The lowest BCUT2D eigenvalue weighted by Crippen LogP contribution is -2.38. The summed E-state index contributed by atoms with van der Waals surface area (Å²) in [5.74, 6) is -0.0426. The molecule has 146 valence electrons. The first-order chi connectivity index (χ1) is 12.8. The summed E-state index contributed by atoms with van der Waals surface area (Å²) in [6.45, 7) is -0.165. The van der Waals surface area contributed by atoms with E-state index in [9.17, 15) is 18.0 Å². The van der Waals surface area contributed by atoms with Crippen LogP contribution in [0.25, 0.3) is 0 Å². The molecule has 0 bridgehead atoms. The zero-order valence-electron chi connectivity index (χ0n) is 15.0. The summed E-state index contributed by atoms with van der Waals surface area (Å²) in [6.07, 6.45) is 2.18. The third-order valence-corrected chi connectivity index (χ3v) is 4.74. The van der Waals surface area contributed by atoms with Gasteiger partial charge in [0.1, 0.15) is 12.0 Å². The molecular weight excluding hydrogens is 361 g/mol. The number of rotatable bonds is 5. The summed E-state index contributed by atoms with van der Waals surface area (Å²) < 4.78 is 48.7. The minimum Gasteiger partial charge on any atom is -0.484 e. The van der Waals surface area contributed by atoms with E-state index in [0.717, 1.165) is 37.8 Å². The van der Waals surface area contributed by atoms with Crippen molar-refractivity contribution in [3.8, 4) is 5.75 Å². The van der Waals surface area contributed by atoms with Crippen LogP contribution in [0.4, 0.5) is 13.2 Å². The van der Waals surface area contributed by atoms with Crippen molar-refractivity contribution in [1.82, 2.24) is 9.88 Å². The first-order valence-electron chi connectivity index (χ1n) is 8.86. The van der Waals surface area contributed by atoms with E-state index in [-0.39, 0.29) is 35.9 Å². The fourth-order valence-corrected chi connectivity index (χ4v) is 3.20. The lowest BCUT2D eigenvalue weighted by Gasteiger charge is -2.30. The number of nitrogens with zero attached hydrogens (tertiary/aromatic N) is 2. The molecule has 1 aromatic carbocycles. The molecule has 0 radical (unpaired) electrons. The summed E-state index contributed by atoms with van der Waals surface area (Å²) in [7, 11) is 1.76. The van der Waals surface area contributed by atoms with Crippen LogP contribution in [0, 0.1) is 0 Å². The lowest BCUT2D eigenvalue weighted by atomic mass is 9.94. The molecule has 1 heterocycles. The van der Waals surface area contributed by atoms with Crippen molar-refractivity contribution in [1.29, 1.82) is 0 Å². The Morgan fingerprint density at radius 3 is 2.74 bits per heavy atom. The minimum absolute atomic E-state index is 0.0511. The highest BCUT2D eigenvalue weighted by molar-refractivity contribution is 5.92. The molecule has 0 saturated heterocycles. The highest BCUT2D eigenvalue weighted by atomic mass is 19.4. The minimum atomic E-state index is -4.44. The molecule has 0 N–H and O–H groups in total. The molecule has 8 heteroatoms. The number of halogens is 3. The van der Waals surface area contributed by atoms with Crippen LogP contribution in [0.3, 0.4) is 0 Å². The van der Waals surface area contributed by atoms with Crippen LogP contribution >= 0.6 is 0 Å². The number of carbonyl (C=O) groups excluding carboxylic acids is 1. The van der Waals surface area contributed by atoms with Crippen molar-refractivity contribution in [3.05, 3.63) is 47.7 Å². The molecule has 1 aliphatic rings. The third-order valence-electron chi connectivity index (χ3n) is 4.74. The number of benzene rings is 1. The average Bonchev–Trinajstić information content (AvgIpc) is 3.14. The topological polar surface area (TPSA) is 55.6 Å². The smallest absolute Gasteiger partial charge is 0.416 e. The SMILES string of the molecule is CN(C(=O)c1coc(COc2cccc(C(F)(F)F)c2)n1)C1CCCCC1. The Morgan fingerprint density at radius 1 is 1.30 bits per heavy atom.